The first-order valence-electron chi connectivity index (χ1n) is 6.54. The molecule has 2 atom stereocenters. The number of halogens is 2. The standard InChI is InChI=1S/C13H18ClFN2O2S/c1-3-8-5-11(8)17-20(18,19)12-6-10(14)4-9(7-16-2)13(12)15/h4,6,8,11,16-17H,3,5,7H2,1-2H3. The van der Waals surface area contributed by atoms with Crippen molar-refractivity contribution in [3.63, 3.8) is 0 Å². The van der Waals surface area contributed by atoms with E-state index in [1.54, 1.807) is 7.05 Å². The van der Waals surface area contributed by atoms with Crippen LogP contribution < -0.4 is 10.0 Å². The Morgan fingerprint density at radius 3 is 2.70 bits per heavy atom. The molecule has 0 radical (unpaired) electrons. The predicted octanol–water partition coefficient (Wildman–Crippen LogP) is 2.28. The molecule has 7 heteroatoms. The van der Waals surface area contributed by atoms with E-state index in [1.165, 1.54) is 6.07 Å². The number of benzene rings is 1. The summed E-state index contributed by atoms with van der Waals surface area (Å²) in [5.41, 5.74) is 0.239. The van der Waals surface area contributed by atoms with Gasteiger partial charge in [0, 0.05) is 23.2 Å². The van der Waals surface area contributed by atoms with Gasteiger partial charge >= 0.3 is 0 Å². The topological polar surface area (TPSA) is 58.2 Å². The maximum atomic E-state index is 14.3. The summed E-state index contributed by atoms with van der Waals surface area (Å²) < 4.78 is 41.3. The summed E-state index contributed by atoms with van der Waals surface area (Å²) in [6, 6.07) is 2.50. The molecule has 0 amide bonds. The van der Waals surface area contributed by atoms with Crippen LogP contribution in [-0.4, -0.2) is 21.5 Å². The third kappa shape index (κ3) is 3.31. The molecule has 0 aliphatic heterocycles. The SMILES string of the molecule is CCC1CC1NS(=O)(=O)c1cc(Cl)cc(CNC)c1F. The van der Waals surface area contributed by atoms with Gasteiger partial charge in [-0.1, -0.05) is 24.9 Å². The monoisotopic (exact) mass is 320 g/mol. The molecule has 1 fully saturated rings. The highest BCUT2D eigenvalue weighted by atomic mass is 35.5. The molecular formula is C13H18ClFN2O2S. The Morgan fingerprint density at radius 1 is 1.45 bits per heavy atom. The Morgan fingerprint density at radius 2 is 2.15 bits per heavy atom. The molecule has 0 bridgehead atoms. The molecule has 0 heterocycles. The van der Waals surface area contributed by atoms with Gasteiger partial charge in [0.1, 0.15) is 10.7 Å². The van der Waals surface area contributed by atoms with Crippen LogP contribution in [0.4, 0.5) is 4.39 Å². The van der Waals surface area contributed by atoms with Gasteiger partial charge in [0.2, 0.25) is 10.0 Å². The van der Waals surface area contributed by atoms with E-state index in [4.69, 9.17) is 11.6 Å². The van der Waals surface area contributed by atoms with Crippen molar-refractivity contribution in [2.45, 2.75) is 37.2 Å². The Balaban J connectivity index is 2.31. The summed E-state index contributed by atoms with van der Waals surface area (Å²) in [5.74, 6) is -0.395. The van der Waals surface area contributed by atoms with Crippen LogP contribution in [0.3, 0.4) is 0 Å². The quantitative estimate of drug-likeness (QED) is 0.845. The number of nitrogens with one attached hydrogen (secondary N) is 2. The molecule has 112 valence electrons. The summed E-state index contributed by atoms with van der Waals surface area (Å²) in [5, 5.41) is 2.99. The van der Waals surface area contributed by atoms with Gasteiger partial charge in [-0.15, -0.1) is 0 Å². The lowest BCUT2D eigenvalue weighted by Crippen LogP contribution is -2.28. The van der Waals surface area contributed by atoms with E-state index in [2.05, 4.69) is 10.0 Å². The number of hydrogen-bond donors (Lipinski definition) is 2. The van der Waals surface area contributed by atoms with Crippen molar-refractivity contribution in [2.24, 2.45) is 5.92 Å². The molecule has 20 heavy (non-hydrogen) atoms. The van der Waals surface area contributed by atoms with Crippen molar-refractivity contribution < 1.29 is 12.8 Å². The first-order valence-corrected chi connectivity index (χ1v) is 8.40. The molecule has 0 saturated heterocycles. The highest BCUT2D eigenvalue weighted by Crippen LogP contribution is 2.35. The minimum Gasteiger partial charge on any atom is -0.316 e. The molecule has 1 aliphatic rings. The zero-order chi connectivity index (χ0) is 14.9. The largest absolute Gasteiger partial charge is 0.316 e. The number of rotatable bonds is 6. The van der Waals surface area contributed by atoms with E-state index in [9.17, 15) is 12.8 Å². The summed E-state index contributed by atoms with van der Waals surface area (Å²) in [4.78, 5) is -0.378. The van der Waals surface area contributed by atoms with E-state index in [-0.39, 0.29) is 28.1 Å². The zero-order valence-electron chi connectivity index (χ0n) is 11.4. The van der Waals surface area contributed by atoms with Crippen LogP contribution in [0.15, 0.2) is 17.0 Å². The molecule has 1 aromatic carbocycles. The lowest BCUT2D eigenvalue weighted by Gasteiger charge is -2.11. The van der Waals surface area contributed by atoms with Gasteiger partial charge < -0.3 is 5.32 Å². The first-order chi connectivity index (χ1) is 9.39. The van der Waals surface area contributed by atoms with Gasteiger partial charge in [-0.05, 0) is 31.5 Å². The minimum absolute atomic E-state index is 0.0869. The molecule has 0 spiro atoms. The van der Waals surface area contributed by atoms with Crippen LogP contribution in [-0.2, 0) is 16.6 Å². The molecule has 1 saturated carbocycles. The average Bonchev–Trinajstić information content (AvgIpc) is 3.11. The number of hydrogen-bond acceptors (Lipinski definition) is 3. The fraction of sp³-hybridized carbons (Fsp3) is 0.538. The predicted molar refractivity (Wildman–Crippen MR) is 76.7 cm³/mol. The van der Waals surface area contributed by atoms with Crippen LogP contribution in [0.5, 0.6) is 0 Å². The molecule has 2 rings (SSSR count). The minimum atomic E-state index is -3.87. The second-order valence-electron chi connectivity index (χ2n) is 5.04. The Labute approximate surface area is 123 Å². The highest BCUT2D eigenvalue weighted by molar-refractivity contribution is 7.89. The molecule has 2 unspecified atom stereocenters. The van der Waals surface area contributed by atoms with Crippen molar-refractivity contribution >= 4 is 21.6 Å². The third-order valence-corrected chi connectivity index (χ3v) is 5.20. The molecular weight excluding hydrogens is 303 g/mol. The fourth-order valence-corrected chi connectivity index (χ4v) is 4.01. The van der Waals surface area contributed by atoms with Gasteiger partial charge in [0.15, 0.2) is 0 Å². The van der Waals surface area contributed by atoms with E-state index in [0.29, 0.717) is 5.92 Å². The Kier molecular flexibility index (Phi) is 4.69. The molecule has 0 aromatic heterocycles. The van der Waals surface area contributed by atoms with Crippen LogP contribution in [0.1, 0.15) is 25.3 Å². The maximum absolute atomic E-state index is 14.3. The van der Waals surface area contributed by atoms with Gasteiger partial charge in [-0.2, -0.15) is 0 Å². The van der Waals surface area contributed by atoms with E-state index < -0.39 is 15.8 Å². The molecule has 4 nitrogen and oxygen atoms in total. The first kappa shape index (κ1) is 15.7. The lowest BCUT2D eigenvalue weighted by molar-refractivity contribution is 0.543. The van der Waals surface area contributed by atoms with Gasteiger partial charge in [0.25, 0.3) is 0 Å². The van der Waals surface area contributed by atoms with Crippen LogP contribution >= 0.6 is 11.6 Å². The van der Waals surface area contributed by atoms with Crippen molar-refractivity contribution in [2.75, 3.05) is 7.05 Å². The Bertz CT molecular complexity index is 607. The summed E-state index contributed by atoms with van der Waals surface area (Å²) in [7, 11) is -2.22. The number of sulfonamides is 1. The van der Waals surface area contributed by atoms with Crippen molar-refractivity contribution in [3.05, 3.63) is 28.5 Å². The van der Waals surface area contributed by atoms with Crippen LogP contribution in [0.25, 0.3) is 0 Å². The zero-order valence-corrected chi connectivity index (χ0v) is 13.0. The second kappa shape index (κ2) is 5.97. The fourth-order valence-electron chi connectivity index (χ4n) is 2.24. The normalized spacial score (nSPS) is 22.0. The smallest absolute Gasteiger partial charge is 0.243 e. The van der Waals surface area contributed by atoms with Gasteiger partial charge in [-0.25, -0.2) is 17.5 Å². The summed E-state index contributed by atoms with van der Waals surface area (Å²) >= 11 is 5.89. The summed E-state index contributed by atoms with van der Waals surface area (Å²) in [6.07, 6.45) is 1.72. The third-order valence-electron chi connectivity index (χ3n) is 3.49. The van der Waals surface area contributed by atoms with Crippen molar-refractivity contribution in [1.29, 1.82) is 0 Å². The van der Waals surface area contributed by atoms with E-state index >= 15 is 0 Å². The van der Waals surface area contributed by atoms with E-state index in [0.717, 1.165) is 18.9 Å². The average molecular weight is 321 g/mol. The molecule has 1 aromatic rings. The van der Waals surface area contributed by atoms with Crippen LogP contribution in [0, 0.1) is 11.7 Å². The molecule has 2 N–H and O–H groups in total. The van der Waals surface area contributed by atoms with Gasteiger partial charge in [-0.3, -0.25) is 0 Å². The van der Waals surface area contributed by atoms with Gasteiger partial charge in [0.05, 0.1) is 0 Å². The Hall–Kier alpha value is -0.690. The van der Waals surface area contributed by atoms with E-state index in [1.807, 2.05) is 6.92 Å². The van der Waals surface area contributed by atoms with Crippen molar-refractivity contribution in [3.8, 4) is 0 Å². The lowest BCUT2D eigenvalue weighted by atomic mass is 10.2. The van der Waals surface area contributed by atoms with Crippen molar-refractivity contribution in [1.82, 2.24) is 10.0 Å². The highest BCUT2D eigenvalue weighted by Gasteiger charge is 2.39. The summed E-state index contributed by atoms with van der Waals surface area (Å²) in [6.45, 7) is 2.22. The maximum Gasteiger partial charge on any atom is 0.243 e. The second-order valence-corrected chi connectivity index (χ2v) is 7.16. The van der Waals surface area contributed by atoms with Crippen LogP contribution in [0.2, 0.25) is 5.02 Å². The molecule has 1 aliphatic carbocycles.